The van der Waals surface area contributed by atoms with Gasteiger partial charge in [0.1, 0.15) is 17.9 Å². The largest absolute Gasteiger partial charge is 0.487 e. The fourth-order valence-electron chi connectivity index (χ4n) is 3.51. The molecule has 0 aliphatic carbocycles. The van der Waals surface area contributed by atoms with Gasteiger partial charge in [-0.3, -0.25) is 4.79 Å². The lowest BCUT2D eigenvalue weighted by molar-refractivity contribution is 0.0694. The van der Waals surface area contributed by atoms with Gasteiger partial charge in [0.2, 0.25) is 5.43 Å². The number of rotatable bonds is 3. The number of hydrogen-bond donors (Lipinski definition) is 2. The molecule has 2 aliphatic rings. The zero-order chi connectivity index (χ0) is 19.5. The van der Waals surface area contributed by atoms with Crippen LogP contribution in [-0.2, 0) is 0 Å². The second kappa shape index (κ2) is 6.24. The lowest BCUT2D eigenvalue weighted by Gasteiger charge is -2.39. The highest BCUT2D eigenvalue weighted by Gasteiger charge is 2.33. The normalized spacial score (nSPS) is 18.3. The molecule has 0 spiro atoms. The molecule has 4 rings (SSSR count). The Balaban J connectivity index is 1.95. The summed E-state index contributed by atoms with van der Waals surface area (Å²) in [5.41, 5.74) is 0.236. The molecule has 7 nitrogen and oxygen atoms in total. The minimum atomic E-state index is -1.36. The first-order chi connectivity index (χ1) is 12.8. The van der Waals surface area contributed by atoms with E-state index in [1.807, 2.05) is 6.92 Å². The number of aliphatic hydroxyl groups excluding tert-OH is 1. The topological polar surface area (TPSA) is 92.0 Å². The van der Waals surface area contributed by atoms with Crippen LogP contribution in [0.3, 0.4) is 0 Å². The number of carbonyl (C=O) groups is 1. The van der Waals surface area contributed by atoms with E-state index in [0.717, 1.165) is 11.6 Å². The molecule has 1 atom stereocenters. The highest BCUT2D eigenvalue weighted by atomic mass is 35.5. The van der Waals surface area contributed by atoms with E-state index in [4.69, 9.17) is 21.4 Å². The van der Waals surface area contributed by atoms with Gasteiger partial charge in [0.05, 0.1) is 23.6 Å². The van der Waals surface area contributed by atoms with Crippen molar-refractivity contribution < 1.29 is 24.1 Å². The minimum absolute atomic E-state index is 0.0256. The molecule has 0 unspecified atom stereocenters. The Morgan fingerprint density at radius 3 is 2.78 bits per heavy atom. The number of aliphatic hydroxyl groups is 1. The van der Waals surface area contributed by atoms with E-state index in [9.17, 15) is 19.1 Å². The highest BCUT2D eigenvalue weighted by molar-refractivity contribution is 6.30. The SMILES string of the molecule is C[C@H]1COc2c(N3CC(=C(Cl)CO)C3)c(F)cc3c(=O)c(C(=O)O)cn1c23. The summed E-state index contributed by atoms with van der Waals surface area (Å²) in [5, 5.41) is 18.7. The van der Waals surface area contributed by atoms with Gasteiger partial charge in [0.25, 0.3) is 0 Å². The van der Waals surface area contributed by atoms with Gasteiger partial charge < -0.3 is 24.4 Å². The molecular weight excluding hydrogens is 379 g/mol. The molecule has 0 saturated carbocycles. The first kappa shape index (κ1) is 17.8. The zero-order valence-corrected chi connectivity index (χ0v) is 15.1. The molecule has 2 N–H and O–H groups in total. The van der Waals surface area contributed by atoms with Crippen LogP contribution in [0.5, 0.6) is 5.75 Å². The summed E-state index contributed by atoms with van der Waals surface area (Å²) in [6, 6.07) is 0.851. The number of hydrogen-bond acceptors (Lipinski definition) is 5. The van der Waals surface area contributed by atoms with Gasteiger partial charge in [-0.25, -0.2) is 9.18 Å². The van der Waals surface area contributed by atoms with Crippen molar-refractivity contribution in [2.24, 2.45) is 0 Å². The summed E-state index contributed by atoms with van der Waals surface area (Å²) in [4.78, 5) is 25.6. The molecule has 1 fully saturated rings. The molecule has 27 heavy (non-hydrogen) atoms. The van der Waals surface area contributed by atoms with E-state index in [1.54, 1.807) is 9.47 Å². The first-order valence-corrected chi connectivity index (χ1v) is 8.71. The minimum Gasteiger partial charge on any atom is -0.487 e. The lowest BCUT2D eigenvalue weighted by Crippen LogP contribution is -2.42. The fraction of sp³-hybridized carbons (Fsp3) is 0.333. The maximum Gasteiger partial charge on any atom is 0.341 e. The molecule has 2 aromatic rings. The highest BCUT2D eigenvalue weighted by Crippen LogP contribution is 2.44. The number of benzene rings is 1. The van der Waals surface area contributed by atoms with Crippen molar-refractivity contribution in [2.45, 2.75) is 13.0 Å². The molecule has 2 aliphatic heterocycles. The van der Waals surface area contributed by atoms with Crippen molar-refractivity contribution in [1.29, 1.82) is 0 Å². The van der Waals surface area contributed by atoms with Crippen molar-refractivity contribution in [3.05, 3.63) is 44.5 Å². The predicted molar refractivity (Wildman–Crippen MR) is 97.5 cm³/mol. The third-order valence-corrected chi connectivity index (χ3v) is 5.36. The Kier molecular flexibility index (Phi) is 4.12. The summed E-state index contributed by atoms with van der Waals surface area (Å²) >= 11 is 5.93. The number of aromatic nitrogens is 1. The van der Waals surface area contributed by atoms with Crippen molar-refractivity contribution >= 4 is 34.2 Å². The van der Waals surface area contributed by atoms with Crippen LogP contribution in [0.15, 0.2) is 27.7 Å². The smallest absolute Gasteiger partial charge is 0.341 e. The summed E-state index contributed by atoms with van der Waals surface area (Å²) < 4.78 is 22.3. The van der Waals surface area contributed by atoms with E-state index in [2.05, 4.69) is 0 Å². The average Bonchev–Trinajstić information content (AvgIpc) is 2.59. The summed E-state index contributed by atoms with van der Waals surface area (Å²) in [5.74, 6) is -1.81. The van der Waals surface area contributed by atoms with Crippen molar-refractivity contribution in [3.8, 4) is 5.75 Å². The Bertz CT molecular complexity index is 1070. The summed E-state index contributed by atoms with van der Waals surface area (Å²) in [6.45, 7) is 2.45. The number of anilines is 1. The monoisotopic (exact) mass is 394 g/mol. The molecule has 142 valence electrons. The lowest BCUT2D eigenvalue weighted by atomic mass is 10.0. The molecule has 1 saturated heterocycles. The van der Waals surface area contributed by atoms with Gasteiger partial charge in [-0.1, -0.05) is 11.6 Å². The molecule has 9 heteroatoms. The van der Waals surface area contributed by atoms with E-state index in [-0.39, 0.29) is 36.1 Å². The number of ether oxygens (including phenoxy) is 1. The molecule has 0 amide bonds. The van der Waals surface area contributed by atoms with Crippen LogP contribution in [-0.4, -0.2) is 47.1 Å². The molecule has 3 heterocycles. The van der Waals surface area contributed by atoms with Crippen molar-refractivity contribution in [2.75, 3.05) is 31.2 Å². The maximum atomic E-state index is 14.9. The van der Waals surface area contributed by atoms with E-state index < -0.39 is 22.8 Å². The number of carboxylic acids is 1. The van der Waals surface area contributed by atoms with Crippen molar-refractivity contribution in [3.63, 3.8) is 0 Å². The molecule has 1 aromatic heterocycles. The maximum absolute atomic E-state index is 14.9. The van der Waals surface area contributed by atoms with Gasteiger partial charge in [0, 0.05) is 24.3 Å². The zero-order valence-electron chi connectivity index (χ0n) is 14.3. The number of halogens is 2. The molecule has 0 bridgehead atoms. The number of aromatic carboxylic acids is 1. The van der Waals surface area contributed by atoms with E-state index in [0.29, 0.717) is 23.6 Å². The molecular formula is C18H16ClFN2O5. The Hall–Kier alpha value is -2.58. The van der Waals surface area contributed by atoms with Gasteiger partial charge in [-0.05, 0) is 18.6 Å². The van der Waals surface area contributed by atoms with Crippen LogP contribution in [0.2, 0.25) is 0 Å². The number of nitrogens with zero attached hydrogens (tertiary/aromatic N) is 2. The van der Waals surface area contributed by atoms with E-state index >= 15 is 0 Å². The first-order valence-electron chi connectivity index (χ1n) is 8.33. The van der Waals surface area contributed by atoms with E-state index in [1.165, 1.54) is 6.20 Å². The van der Waals surface area contributed by atoms with Gasteiger partial charge in [-0.2, -0.15) is 0 Å². The van der Waals surface area contributed by atoms with Crippen LogP contribution in [0.1, 0.15) is 23.3 Å². The van der Waals surface area contributed by atoms with Crippen molar-refractivity contribution in [1.82, 2.24) is 4.57 Å². The number of pyridine rings is 1. The summed E-state index contributed by atoms with van der Waals surface area (Å²) in [6.07, 6.45) is 1.29. The standard InChI is InChI=1S/C18H16ClFN2O5/c1-8-7-27-17-14-10(16(24)11(18(25)26)5-22(8)14)2-13(20)15(17)21-3-9(4-21)12(19)6-23/h2,5,8,23H,3-4,6-7H2,1H3,(H,25,26)/t8-/m0/s1. The second-order valence-corrected chi connectivity index (χ2v) is 7.16. The third-order valence-electron chi connectivity index (χ3n) is 4.97. The Labute approximate surface area is 157 Å². The number of carboxylic acid groups (broad SMARTS) is 1. The molecule has 0 radical (unpaired) electrons. The van der Waals surface area contributed by atoms with Crippen LogP contribution in [0, 0.1) is 5.82 Å². The van der Waals surface area contributed by atoms with Gasteiger partial charge in [-0.15, -0.1) is 0 Å². The van der Waals surface area contributed by atoms with Gasteiger partial charge in [0.15, 0.2) is 11.6 Å². The quantitative estimate of drug-likeness (QED) is 0.828. The third kappa shape index (κ3) is 2.59. The Morgan fingerprint density at radius 2 is 2.15 bits per heavy atom. The van der Waals surface area contributed by atoms with Crippen LogP contribution >= 0.6 is 11.6 Å². The second-order valence-electron chi connectivity index (χ2n) is 6.70. The van der Waals surface area contributed by atoms with Crippen LogP contribution < -0.4 is 15.1 Å². The average molecular weight is 395 g/mol. The summed E-state index contributed by atoms with van der Waals surface area (Å²) in [7, 11) is 0. The molecule has 1 aromatic carbocycles. The Morgan fingerprint density at radius 1 is 1.44 bits per heavy atom. The van der Waals surface area contributed by atoms with Gasteiger partial charge >= 0.3 is 5.97 Å². The fourth-order valence-corrected chi connectivity index (χ4v) is 3.63. The van der Waals surface area contributed by atoms with Crippen LogP contribution in [0.4, 0.5) is 10.1 Å². The predicted octanol–water partition coefficient (Wildman–Crippen LogP) is 2.10. The van der Waals surface area contributed by atoms with Crippen LogP contribution in [0.25, 0.3) is 10.9 Å².